The Morgan fingerprint density at radius 2 is 1.83 bits per heavy atom. The molecule has 1 aliphatic rings. The zero-order chi connectivity index (χ0) is 21.1. The average molecular weight is 411 g/mol. The molecule has 154 valence electrons. The summed E-state index contributed by atoms with van der Waals surface area (Å²) in [6, 6.07) is 11.6. The van der Waals surface area contributed by atoms with Crippen LogP contribution in [0.15, 0.2) is 48.5 Å². The number of piperazine rings is 1. The molecule has 2 aromatic carbocycles. The monoisotopic (exact) mass is 411 g/mol. The first-order chi connectivity index (χ1) is 14.5. The Balaban J connectivity index is 1.37. The van der Waals surface area contributed by atoms with Crippen LogP contribution in [0.5, 0.6) is 0 Å². The number of carbonyl (C=O) groups is 1. The number of nitrogens with zero attached hydrogens (tertiary/aromatic N) is 7. The summed E-state index contributed by atoms with van der Waals surface area (Å²) in [5.74, 6) is 0.0530. The van der Waals surface area contributed by atoms with E-state index in [0.717, 1.165) is 0 Å². The van der Waals surface area contributed by atoms with Crippen LogP contribution >= 0.6 is 0 Å². The van der Waals surface area contributed by atoms with Gasteiger partial charge in [0, 0.05) is 43.9 Å². The standard InChI is InChI=1S/C19H18FN7O3/c20-15-2-1-3-17(12-15)26-18(21-22-23-26)13-24-8-10-25(11-9-24)19(28)14-4-6-16(7-5-14)27(29)30/h1-7,12H,8-11,13H2. The fourth-order valence-electron chi connectivity index (χ4n) is 3.33. The Morgan fingerprint density at radius 3 is 2.50 bits per heavy atom. The van der Waals surface area contributed by atoms with Crippen LogP contribution in [0.2, 0.25) is 0 Å². The second-order valence-corrected chi connectivity index (χ2v) is 6.86. The van der Waals surface area contributed by atoms with Crippen molar-refractivity contribution in [1.82, 2.24) is 30.0 Å². The van der Waals surface area contributed by atoms with Gasteiger partial charge in [-0.15, -0.1) is 5.10 Å². The van der Waals surface area contributed by atoms with Crippen molar-refractivity contribution in [1.29, 1.82) is 0 Å². The van der Waals surface area contributed by atoms with Crippen molar-refractivity contribution in [2.45, 2.75) is 6.54 Å². The maximum Gasteiger partial charge on any atom is 0.269 e. The highest BCUT2D eigenvalue weighted by Gasteiger charge is 2.24. The smallest absolute Gasteiger partial charge is 0.269 e. The quantitative estimate of drug-likeness (QED) is 0.464. The highest BCUT2D eigenvalue weighted by atomic mass is 19.1. The molecule has 1 amide bonds. The van der Waals surface area contributed by atoms with E-state index >= 15 is 0 Å². The van der Waals surface area contributed by atoms with Gasteiger partial charge >= 0.3 is 0 Å². The van der Waals surface area contributed by atoms with Gasteiger partial charge in [-0.25, -0.2) is 4.39 Å². The van der Waals surface area contributed by atoms with E-state index < -0.39 is 4.92 Å². The Labute approximate surface area is 170 Å². The van der Waals surface area contributed by atoms with Crippen molar-refractivity contribution in [2.75, 3.05) is 26.2 Å². The van der Waals surface area contributed by atoms with Gasteiger partial charge in [-0.05, 0) is 40.8 Å². The maximum absolute atomic E-state index is 13.5. The van der Waals surface area contributed by atoms with Crippen molar-refractivity contribution in [3.8, 4) is 5.69 Å². The number of carbonyl (C=O) groups excluding carboxylic acids is 1. The molecule has 0 bridgehead atoms. The molecule has 1 aliphatic heterocycles. The van der Waals surface area contributed by atoms with Gasteiger partial charge < -0.3 is 4.90 Å². The van der Waals surface area contributed by atoms with Gasteiger partial charge in [-0.3, -0.25) is 19.8 Å². The van der Waals surface area contributed by atoms with Crippen molar-refractivity contribution in [2.24, 2.45) is 0 Å². The third-order valence-corrected chi connectivity index (χ3v) is 4.94. The second kappa shape index (κ2) is 8.33. The highest BCUT2D eigenvalue weighted by Crippen LogP contribution is 2.16. The summed E-state index contributed by atoms with van der Waals surface area (Å²) in [5.41, 5.74) is 0.915. The molecule has 0 aliphatic carbocycles. The summed E-state index contributed by atoms with van der Waals surface area (Å²) >= 11 is 0. The van der Waals surface area contributed by atoms with E-state index in [1.807, 2.05) is 0 Å². The van der Waals surface area contributed by atoms with E-state index in [4.69, 9.17) is 0 Å². The Hall–Kier alpha value is -3.73. The molecule has 0 N–H and O–H groups in total. The Kier molecular flexibility index (Phi) is 5.44. The lowest BCUT2D eigenvalue weighted by atomic mass is 10.1. The van der Waals surface area contributed by atoms with E-state index in [1.54, 1.807) is 17.0 Å². The molecule has 4 rings (SSSR count). The molecule has 30 heavy (non-hydrogen) atoms. The molecule has 0 spiro atoms. The van der Waals surface area contributed by atoms with Crippen LogP contribution < -0.4 is 0 Å². The predicted octanol–water partition coefficient (Wildman–Crippen LogP) is 1.67. The number of hydrogen-bond acceptors (Lipinski definition) is 7. The minimum Gasteiger partial charge on any atom is -0.336 e. The van der Waals surface area contributed by atoms with Crippen molar-refractivity contribution >= 4 is 11.6 Å². The van der Waals surface area contributed by atoms with E-state index in [-0.39, 0.29) is 17.4 Å². The first kappa shape index (κ1) is 19.6. The molecule has 0 atom stereocenters. The average Bonchev–Trinajstić information content (AvgIpc) is 3.22. The predicted molar refractivity (Wildman–Crippen MR) is 103 cm³/mol. The summed E-state index contributed by atoms with van der Waals surface area (Å²) in [4.78, 5) is 26.7. The molecule has 1 aromatic heterocycles. The summed E-state index contributed by atoms with van der Waals surface area (Å²) < 4.78 is 15.0. The van der Waals surface area contributed by atoms with Crippen LogP contribution in [0.1, 0.15) is 16.2 Å². The number of tetrazole rings is 1. The van der Waals surface area contributed by atoms with Gasteiger partial charge in [0.25, 0.3) is 11.6 Å². The first-order valence-electron chi connectivity index (χ1n) is 9.30. The van der Waals surface area contributed by atoms with Crippen LogP contribution in [-0.4, -0.2) is 67.0 Å². The molecule has 0 saturated carbocycles. The van der Waals surface area contributed by atoms with E-state index in [9.17, 15) is 19.3 Å². The summed E-state index contributed by atoms with van der Waals surface area (Å²) in [7, 11) is 0. The van der Waals surface area contributed by atoms with Crippen molar-refractivity contribution < 1.29 is 14.1 Å². The fourth-order valence-corrected chi connectivity index (χ4v) is 3.33. The number of hydrogen-bond donors (Lipinski definition) is 0. The van der Waals surface area contributed by atoms with Gasteiger partial charge in [0.15, 0.2) is 5.82 Å². The molecule has 1 fully saturated rings. The number of non-ortho nitro benzene ring substituents is 1. The van der Waals surface area contributed by atoms with Gasteiger partial charge in [0.05, 0.1) is 17.2 Å². The molecule has 3 aromatic rings. The minimum atomic E-state index is -0.496. The molecular weight excluding hydrogens is 393 g/mol. The first-order valence-corrected chi connectivity index (χ1v) is 9.30. The number of benzene rings is 2. The third-order valence-electron chi connectivity index (χ3n) is 4.94. The SMILES string of the molecule is O=C(c1ccc([N+](=O)[O-])cc1)N1CCN(Cc2nnnn2-c2cccc(F)c2)CC1. The minimum absolute atomic E-state index is 0.0487. The number of rotatable bonds is 5. The van der Waals surface area contributed by atoms with Crippen LogP contribution in [-0.2, 0) is 6.54 Å². The number of nitro benzene ring substituents is 1. The van der Waals surface area contributed by atoms with E-state index in [1.165, 1.54) is 41.1 Å². The lowest BCUT2D eigenvalue weighted by Gasteiger charge is -2.34. The van der Waals surface area contributed by atoms with E-state index in [0.29, 0.717) is 49.8 Å². The summed E-state index contributed by atoms with van der Waals surface area (Å²) in [6.45, 7) is 2.72. The zero-order valence-corrected chi connectivity index (χ0v) is 15.9. The maximum atomic E-state index is 13.5. The Bertz CT molecular complexity index is 1060. The topological polar surface area (TPSA) is 110 Å². The van der Waals surface area contributed by atoms with E-state index in [2.05, 4.69) is 20.4 Å². The van der Waals surface area contributed by atoms with Gasteiger partial charge in [-0.2, -0.15) is 4.68 Å². The molecule has 2 heterocycles. The number of aromatic nitrogens is 4. The normalized spacial score (nSPS) is 14.6. The van der Waals surface area contributed by atoms with Gasteiger partial charge in [0.2, 0.25) is 0 Å². The van der Waals surface area contributed by atoms with Crippen molar-refractivity contribution in [3.05, 3.63) is 75.9 Å². The highest BCUT2D eigenvalue weighted by molar-refractivity contribution is 5.94. The molecule has 11 heteroatoms. The van der Waals surface area contributed by atoms with Crippen LogP contribution in [0, 0.1) is 15.9 Å². The largest absolute Gasteiger partial charge is 0.336 e. The molecule has 0 radical (unpaired) electrons. The van der Waals surface area contributed by atoms with Crippen LogP contribution in [0.4, 0.5) is 10.1 Å². The van der Waals surface area contributed by atoms with Crippen molar-refractivity contribution in [3.63, 3.8) is 0 Å². The second-order valence-electron chi connectivity index (χ2n) is 6.86. The lowest BCUT2D eigenvalue weighted by molar-refractivity contribution is -0.384. The lowest BCUT2D eigenvalue weighted by Crippen LogP contribution is -2.48. The molecular formula is C19H18FN7O3. The molecule has 10 nitrogen and oxygen atoms in total. The third kappa shape index (κ3) is 4.15. The summed E-state index contributed by atoms with van der Waals surface area (Å²) in [5, 5.41) is 22.4. The fraction of sp³-hybridized carbons (Fsp3) is 0.263. The Morgan fingerprint density at radius 1 is 1.10 bits per heavy atom. The molecule has 0 unspecified atom stereocenters. The van der Waals surface area contributed by atoms with Crippen LogP contribution in [0.3, 0.4) is 0 Å². The van der Waals surface area contributed by atoms with Gasteiger partial charge in [-0.1, -0.05) is 6.07 Å². The number of halogens is 1. The number of amides is 1. The van der Waals surface area contributed by atoms with Gasteiger partial charge in [0.1, 0.15) is 5.82 Å². The van der Waals surface area contributed by atoms with Crippen LogP contribution in [0.25, 0.3) is 5.69 Å². The zero-order valence-electron chi connectivity index (χ0n) is 15.9. The number of nitro groups is 1. The summed E-state index contributed by atoms with van der Waals surface area (Å²) in [6.07, 6.45) is 0. The molecule has 1 saturated heterocycles.